The standard InChI is InChI=1S/C13H15O4P/c1-17-13(15)11-9-18(16,8-7-12(11)14)10-5-3-2-4-6-10/h2-6,11H,7-9H2,1H3. The molecule has 18 heavy (non-hydrogen) atoms. The summed E-state index contributed by atoms with van der Waals surface area (Å²) in [6, 6.07) is 9.08. The summed E-state index contributed by atoms with van der Waals surface area (Å²) in [6.07, 6.45) is 0.637. The van der Waals surface area contributed by atoms with E-state index in [1.807, 2.05) is 18.2 Å². The van der Waals surface area contributed by atoms with E-state index in [-0.39, 0.29) is 18.4 Å². The molecule has 2 unspecified atom stereocenters. The molecule has 1 aliphatic rings. The van der Waals surface area contributed by atoms with E-state index in [0.717, 1.165) is 5.30 Å². The van der Waals surface area contributed by atoms with Crippen LogP contribution in [0.5, 0.6) is 0 Å². The van der Waals surface area contributed by atoms with Gasteiger partial charge in [-0.2, -0.15) is 0 Å². The molecule has 0 aromatic heterocycles. The lowest BCUT2D eigenvalue weighted by molar-refractivity contribution is -0.148. The second kappa shape index (κ2) is 5.07. The predicted molar refractivity (Wildman–Crippen MR) is 68.5 cm³/mol. The van der Waals surface area contributed by atoms with Crippen LogP contribution in [0.2, 0.25) is 0 Å². The van der Waals surface area contributed by atoms with E-state index in [9.17, 15) is 14.2 Å². The minimum absolute atomic E-state index is 0.0997. The molecule has 0 radical (unpaired) electrons. The van der Waals surface area contributed by atoms with E-state index in [4.69, 9.17) is 0 Å². The van der Waals surface area contributed by atoms with Gasteiger partial charge in [0.05, 0.1) is 7.11 Å². The summed E-state index contributed by atoms with van der Waals surface area (Å²) in [5, 5.41) is 0.742. The molecule has 96 valence electrons. The Bertz CT molecular complexity index is 501. The maximum atomic E-state index is 12.9. The zero-order chi connectivity index (χ0) is 13.2. The molecule has 0 aliphatic carbocycles. The molecule has 4 nitrogen and oxygen atoms in total. The fraction of sp³-hybridized carbons (Fsp3) is 0.385. The van der Waals surface area contributed by atoms with Crippen LogP contribution < -0.4 is 5.30 Å². The van der Waals surface area contributed by atoms with E-state index >= 15 is 0 Å². The third-order valence-electron chi connectivity index (χ3n) is 3.30. The van der Waals surface area contributed by atoms with Gasteiger partial charge in [-0.15, -0.1) is 0 Å². The lowest BCUT2D eigenvalue weighted by Gasteiger charge is -2.27. The van der Waals surface area contributed by atoms with Crippen LogP contribution in [0.3, 0.4) is 0 Å². The maximum absolute atomic E-state index is 12.9. The van der Waals surface area contributed by atoms with Gasteiger partial charge in [-0.3, -0.25) is 9.59 Å². The Hall–Kier alpha value is -1.41. The fourth-order valence-corrected chi connectivity index (χ4v) is 5.13. The van der Waals surface area contributed by atoms with Crippen LogP contribution in [0.25, 0.3) is 0 Å². The van der Waals surface area contributed by atoms with Gasteiger partial charge in [0.2, 0.25) is 0 Å². The molecule has 0 N–H and O–H groups in total. The van der Waals surface area contributed by atoms with E-state index in [1.54, 1.807) is 12.1 Å². The van der Waals surface area contributed by atoms with Crippen LogP contribution in [0.15, 0.2) is 30.3 Å². The highest BCUT2D eigenvalue weighted by molar-refractivity contribution is 7.71. The number of hydrogen-bond donors (Lipinski definition) is 0. The van der Waals surface area contributed by atoms with Crippen molar-refractivity contribution in [3.05, 3.63) is 30.3 Å². The van der Waals surface area contributed by atoms with Crippen LogP contribution >= 0.6 is 7.14 Å². The molecule has 0 spiro atoms. The summed E-state index contributed by atoms with van der Waals surface area (Å²) in [4.78, 5) is 23.2. The van der Waals surface area contributed by atoms with Crippen LogP contribution in [-0.4, -0.2) is 31.2 Å². The van der Waals surface area contributed by atoms with Gasteiger partial charge in [-0.1, -0.05) is 30.3 Å². The van der Waals surface area contributed by atoms with Gasteiger partial charge in [0.1, 0.15) is 18.8 Å². The zero-order valence-electron chi connectivity index (χ0n) is 10.2. The number of ketones is 1. The minimum Gasteiger partial charge on any atom is -0.468 e. The third-order valence-corrected chi connectivity index (χ3v) is 6.44. The predicted octanol–water partition coefficient (Wildman–Crippen LogP) is 1.44. The lowest BCUT2D eigenvalue weighted by atomic mass is 10.0. The molecule has 0 saturated carbocycles. The minimum atomic E-state index is -2.65. The molecule has 1 fully saturated rings. The normalized spacial score (nSPS) is 27.8. The number of methoxy groups -OCH3 is 1. The Morgan fingerprint density at radius 1 is 1.33 bits per heavy atom. The Labute approximate surface area is 106 Å². The van der Waals surface area contributed by atoms with Crippen LogP contribution in [0.1, 0.15) is 6.42 Å². The molecule has 1 aromatic carbocycles. The Morgan fingerprint density at radius 3 is 2.61 bits per heavy atom. The second-order valence-corrected chi connectivity index (χ2v) is 7.53. The topological polar surface area (TPSA) is 60.4 Å². The van der Waals surface area contributed by atoms with E-state index in [0.29, 0.717) is 6.16 Å². The summed E-state index contributed by atoms with van der Waals surface area (Å²) in [5.74, 6) is -1.60. The maximum Gasteiger partial charge on any atom is 0.316 e. The molecular weight excluding hydrogens is 251 g/mol. The number of carbonyl (C=O) groups is 2. The molecule has 1 aromatic rings. The van der Waals surface area contributed by atoms with Gasteiger partial charge in [-0.25, -0.2) is 0 Å². The first kappa shape index (κ1) is 13.0. The van der Waals surface area contributed by atoms with Gasteiger partial charge in [-0.05, 0) is 0 Å². The Kier molecular flexibility index (Phi) is 3.67. The lowest BCUT2D eigenvalue weighted by Crippen LogP contribution is -2.35. The third kappa shape index (κ3) is 2.39. The first-order chi connectivity index (χ1) is 8.57. The molecule has 0 amide bonds. The largest absolute Gasteiger partial charge is 0.468 e. The van der Waals surface area contributed by atoms with E-state index < -0.39 is 19.0 Å². The van der Waals surface area contributed by atoms with Gasteiger partial charge in [0.25, 0.3) is 0 Å². The number of Topliss-reactive ketones (excluding diaryl/α,β-unsaturated/α-hetero) is 1. The van der Waals surface area contributed by atoms with Crippen LogP contribution in [0.4, 0.5) is 0 Å². The van der Waals surface area contributed by atoms with Gasteiger partial charge in [0, 0.05) is 24.0 Å². The quantitative estimate of drug-likeness (QED) is 0.461. The SMILES string of the molecule is COC(=O)C1CP(=O)(c2ccccc2)CCC1=O. The molecule has 1 saturated heterocycles. The fourth-order valence-electron chi connectivity index (χ4n) is 2.24. The summed E-state index contributed by atoms with van der Waals surface area (Å²) in [6.45, 7) is 0. The van der Waals surface area contributed by atoms with Crippen molar-refractivity contribution < 1.29 is 18.9 Å². The van der Waals surface area contributed by atoms with Crippen molar-refractivity contribution in [1.82, 2.24) is 0 Å². The smallest absolute Gasteiger partial charge is 0.316 e. The average molecular weight is 266 g/mol. The summed E-state index contributed by atoms with van der Waals surface area (Å²) in [5.41, 5.74) is 0. The molecule has 2 atom stereocenters. The number of rotatable bonds is 2. The van der Waals surface area contributed by atoms with E-state index in [2.05, 4.69) is 4.74 Å². The first-order valence-corrected chi connectivity index (χ1v) is 7.89. The number of ether oxygens (including phenoxy) is 1. The Morgan fingerprint density at radius 2 is 2.00 bits per heavy atom. The van der Waals surface area contributed by atoms with Crippen molar-refractivity contribution in [2.24, 2.45) is 5.92 Å². The van der Waals surface area contributed by atoms with E-state index in [1.165, 1.54) is 7.11 Å². The van der Waals surface area contributed by atoms with Gasteiger partial charge >= 0.3 is 5.97 Å². The van der Waals surface area contributed by atoms with Crippen molar-refractivity contribution in [2.75, 3.05) is 19.4 Å². The van der Waals surface area contributed by atoms with Crippen molar-refractivity contribution >= 4 is 24.2 Å². The summed E-state index contributed by atoms with van der Waals surface area (Å²) in [7, 11) is -1.40. The number of hydrogen-bond acceptors (Lipinski definition) is 4. The molecule has 2 rings (SSSR count). The van der Waals surface area contributed by atoms with Crippen LogP contribution in [0, 0.1) is 5.92 Å². The van der Waals surface area contributed by atoms with Crippen molar-refractivity contribution in [3.8, 4) is 0 Å². The van der Waals surface area contributed by atoms with Crippen molar-refractivity contribution in [1.29, 1.82) is 0 Å². The summed E-state index contributed by atoms with van der Waals surface area (Å²) < 4.78 is 17.5. The Balaban J connectivity index is 2.29. The summed E-state index contributed by atoms with van der Waals surface area (Å²) >= 11 is 0. The number of carbonyl (C=O) groups excluding carboxylic acids is 2. The monoisotopic (exact) mass is 266 g/mol. The van der Waals surface area contributed by atoms with Gasteiger partial charge in [0.15, 0.2) is 0 Å². The van der Waals surface area contributed by atoms with Crippen molar-refractivity contribution in [3.63, 3.8) is 0 Å². The zero-order valence-corrected chi connectivity index (χ0v) is 11.1. The molecular formula is C13H15O4P. The molecule has 1 heterocycles. The molecule has 5 heteroatoms. The first-order valence-electron chi connectivity index (χ1n) is 5.81. The highest BCUT2D eigenvalue weighted by atomic mass is 31.2. The second-order valence-electron chi connectivity index (χ2n) is 4.42. The van der Waals surface area contributed by atoms with Crippen LogP contribution in [-0.2, 0) is 18.9 Å². The van der Waals surface area contributed by atoms with Crippen molar-refractivity contribution in [2.45, 2.75) is 6.42 Å². The number of benzene rings is 1. The molecule has 1 aliphatic heterocycles. The number of esters is 1. The molecule has 0 bridgehead atoms. The highest BCUT2D eigenvalue weighted by Gasteiger charge is 2.41. The highest BCUT2D eigenvalue weighted by Crippen LogP contribution is 2.50. The van der Waals surface area contributed by atoms with Gasteiger partial charge < -0.3 is 9.30 Å². The average Bonchev–Trinajstić information content (AvgIpc) is 2.42.